The van der Waals surface area contributed by atoms with Crippen molar-refractivity contribution in [3.05, 3.63) is 35.6 Å². The Bertz CT molecular complexity index is 592. The Kier molecular flexibility index (Phi) is 4.90. The predicted octanol–water partition coefficient (Wildman–Crippen LogP) is 3.54. The van der Waals surface area contributed by atoms with Gasteiger partial charge in [0.15, 0.2) is 0 Å². The molecule has 0 spiro atoms. The lowest BCUT2D eigenvalue weighted by atomic mass is 10.1. The molecule has 0 aliphatic carbocycles. The number of nitrogens with zero attached hydrogens (tertiary/aromatic N) is 1. The number of hydrogen-bond donors (Lipinski definition) is 1. The van der Waals surface area contributed by atoms with Gasteiger partial charge in [-0.15, -0.1) is 0 Å². The van der Waals surface area contributed by atoms with Gasteiger partial charge in [0.2, 0.25) is 0 Å². The number of alkyl halides is 3. The van der Waals surface area contributed by atoms with Crippen LogP contribution in [0.3, 0.4) is 0 Å². The topological polar surface area (TPSA) is 28.4 Å². The van der Waals surface area contributed by atoms with Crippen LogP contribution < -0.4 is 5.32 Å². The standard InChI is InChI=1S/C15H19F3N2O/c1-19-9-12-11-5-3-4-6-13(11)21-14(12)10-20(2)8-7-15(16,17)18/h3-6,19H,7-10H2,1-2H3. The van der Waals surface area contributed by atoms with Crippen LogP contribution in [0.4, 0.5) is 13.2 Å². The first-order valence-electron chi connectivity index (χ1n) is 6.80. The summed E-state index contributed by atoms with van der Waals surface area (Å²) in [6.45, 7) is 0.945. The van der Waals surface area contributed by atoms with E-state index in [2.05, 4.69) is 5.32 Å². The molecule has 6 heteroatoms. The third-order valence-corrected chi connectivity index (χ3v) is 3.33. The largest absolute Gasteiger partial charge is 0.459 e. The Morgan fingerprint density at radius 3 is 2.62 bits per heavy atom. The van der Waals surface area contributed by atoms with Crippen LogP contribution in [0.15, 0.2) is 28.7 Å². The number of rotatable bonds is 6. The van der Waals surface area contributed by atoms with Crippen molar-refractivity contribution in [1.82, 2.24) is 10.2 Å². The number of benzene rings is 1. The molecule has 0 saturated carbocycles. The first-order chi connectivity index (χ1) is 9.90. The molecule has 2 aromatic rings. The number of furan rings is 1. The van der Waals surface area contributed by atoms with E-state index >= 15 is 0 Å². The van der Waals surface area contributed by atoms with Crippen molar-refractivity contribution in [2.75, 3.05) is 20.6 Å². The summed E-state index contributed by atoms with van der Waals surface area (Å²) in [6, 6.07) is 7.64. The minimum atomic E-state index is -4.13. The molecular weight excluding hydrogens is 281 g/mol. The van der Waals surface area contributed by atoms with Crippen LogP contribution in [0.2, 0.25) is 0 Å². The normalized spacial score (nSPS) is 12.5. The van der Waals surface area contributed by atoms with Crippen LogP contribution in [-0.2, 0) is 13.1 Å². The van der Waals surface area contributed by atoms with Gasteiger partial charge >= 0.3 is 6.18 Å². The molecule has 0 saturated heterocycles. The van der Waals surface area contributed by atoms with Crippen LogP contribution in [0.5, 0.6) is 0 Å². The Balaban J connectivity index is 2.15. The molecule has 0 aliphatic heterocycles. The van der Waals surface area contributed by atoms with Crippen LogP contribution in [0, 0.1) is 0 Å². The van der Waals surface area contributed by atoms with Gasteiger partial charge < -0.3 is 9.73 Å². The van der Waals surface area contributed by atoms with Crippen LogP contribution >= 0.6 is 0 Å². The summed E-state index contributed by atoms with van der Waals surface area (Å²) in [5.74, 6) is 0.718. The van der Waals surface area contributed by atoms with Gasteiger partial charge in [-0.3, -0.25) is 4.90 Å². The van der Waals surface area contributed by atoms with Crippen molar-refractivity contribution in [2.45, 2.75) is 25.7 Å². The molecule has 1 N–H and O–H groups in total. The maximum Gasteiger partial charge on any atom is 0.390 e. The first kappa shape index (κ1) is 15.9. The lowest BCUT2D eigenvalue weighted by molar-refractivity contribution is -0.137. The van der Waals surface area contributed by atoms with Crippen molar-refractivity contribution in [3.8, 4) is 0 Å². The molecule has 1 aromatic carbocycles. The molecule has 0 aliphatic rings. The molecule has 0 atom stereocenters. The van der Waals surface area contributed by atoms with E-state index in [0.29, 0.717) is 13.1 Å². The zero-order chi connectivity index (χ0) is 15.5. The molecule has 0 radical (unpaired) electrons. The fourth-order valence-corrected chi connectivity index (χ4v) is 2.29. The number of halogens is 3. The van der Waals surface area contributed by atoms with Gasteiger partial charge in [-0.2, -0.15) is 13.2 Å². The summed E-state index contributed by atoms with van der Waals surface area (Å²) >= 11 is 0. The van der Waals surface area contributed by atoms with Crippen molar-refractivity contribution < 1.29 is 17.6 Å². The summed E-state index contributed by atoms with van der Waals surface area (Å²) in [4.78, 5) is 1.63. The summed E-state index contributed by atoms with van der Waals surface area (Å²) in [5.41, 5.74) is 1.77. The summed E-state index contributed by atoms with van der Waals surface area (Å²) in [5, 5.41) is 4.08. The highest BCUT2D eigenvalue weighted by Crippen LogP contribution is 2.27. The first-order valence-corrected chi connectivity index (χ1v) is 6.80. The second-order valence-electron chi connectivity index (χ2n) is 5.13. The average Bonchev–Trinajstić information content (AvgIpc) is 2.74. The van der Waals surface area contributed by atoms with Crippen molar-refractivity contribution in [2.24, 2.45) is 0 Å². The van der Waals surface area contributed by atoms with Gasteiger partial charge in [0, 0.05) is 24.0 Å². The Morgan fingerprint density at radius 2 is 1.95 bits per heavy atom. The SMILES string of the molecule is CNCc1c(CN(C)CCC(F)(F)F)oc2ccccc12. The molecule has 116 valence electrons. The van der Waals surface area contributed by atoms with E-state index in [4.69, 9.17) is 4.42 Å². The van der Waals surface area contributed by atoms with E-state index in [1.54, 1.807) is 11.9 Å². The van der Waals surface area contributed by atoms with Crippen LogP contribution in [-0.4, -0.2) is 31.7 Å². The van der Waals surface area contributed by atoms with Crippen molar-refractivity contribution in [1.29, 1.82) is 0 Å². The molecule has 0 amide bonds. The Labute approximate surface area is 121 Å². The fourth-order valence-electron chi connectivity index (χ4n) is 2.29. The molecule has 1 aromatic heterocycles. The molecule has 0 fully saturated rings. The lowest BCUT2D eigenvalue weighted by Gasteiger charge is -2.17. The summed E-state index contributed by atoms with van der Waals surface area (Å²) < 4.78 is 42.6. The zero-order valence-electron chi connectivity index (χ0n) is 12.1. The minimum Gasteiger partial charge on any atom is -0.459 e. The lowest BCUT2D eigenvalue weighted by Crippen LogP contribution is -2.24. The summed E-state index contributed by atoms with van der Waals surface area (Å²) in [7, 11) is 3.50. The van der Waals surface area contributed by atoms with E-state index in [9.17, 15) is 13.2 Å². The second kappa shape index (κ2) is 6.49. The third-order valence-electron chi connectivity index (χ3n) is 3.33. The number of para-hydroxylation sites is 1. The third kappa shape index (κ3) is 4.22. The molecule has 1 heterocycles. The van der Waals surface area contributed by atoms with Gasteiger partial charge in [0.05, 0.1) is 13.0 Å². The predicted molar refractivity (Wildman–Crippen MR) is 76.0 cm³/mol. The number of hydrogen-bond acceptors (Lipinski definition) is 3. The van der Waals surface area contributed by atoms with E-state index in [1.165, 1.54) is 0 Å². The summed E-state index contributed by atoms with van der Waals surface area (Å²) in [6.07, 6.45) is -4.94. The number of fused-ring (bicyclic) bond motifs is 1. The van der Waals surface area contributed by atoms with Gasteiger partial charge in [0.1, 0.15) is 11.3 Å². The molecule has 3 nitrogen and oxygen atoms in total. The van der Waals surface area contributed by atoms with Crippen LogP contribution in [0.1, 0.15) is 17.7 Å². The zero-order valence-corrected chi connectivity index (χ0v) is 12.1. The number of nitrogens with one attached hydrogen (secondary N) is 1. The molecule has 21 heavy (non-hydrogen) atoms. The smallest absolute Gasteiger partial charge is 0.390 e. The fraction of sp³-hybridized carbons (Fsp3) is 0.467. The van der Waals surface area contributed by atoms with Crippen molar-refractivity contribution in [3.63, 3.8) is 0 Å². The Morgan fingerprint density at radius 1 is 1.24 bits per heavy atom. The average molecular weight is 300 g/mol. The molecule has 0 unspecified atom stereocenters. The van der Waals surface area contributed by atoms with Gasteiger partial charge in [-0.05, 0) is 20.2 Å². The maximum atomic E-state index is 12.3. The van der Waals surface area contributed by atoms with Gasteiger partial charge in [0.25, 0.3) is 0 Å². The van der Waals surface area contributed by atoms with E-state index in [-0.39, 0.29) is 6.54 Å². The Hall–Kier alpha value is -1.53. The quantitative estimate of drug-likeness (QED) is 0.884. The maximum absolute atomic E-state index is 12.3. The second-order valence-corrected chi connectivity index (χ2v) is 5.13. The highest BCUT2D eigenvalue weighted by atomic mass is 19.4. The van der Waals surface area contributed by atoms with Crippen molar-refractivity contribution >= 4 is 11.0 Å². The molecule has 0 bridgehead atoms. The van der Waals surface area contributed by atoms with E-state index in [1.807, 2.05) is 31.3 Å². The van der Waals surface area contributed by atoms with E-state index < -0.39 is 12.6 Å². The van der Waals surface area contributed by atoms with Gasteiger partial charge in [-0.1, -0.05) is 18.2 Å². The minimum absolute atomic E-state index is 0.0421. The van der Waals surface area contributed by atoms with Gasteiger partial charge in [-0.25, -0.2) is 0 Å². The van der Waals surface area contributed by atoms with Crippen LogP contribution in [0.25, 0.3) is 11.0 Å². The molecular formula is C15H19F3N2O. The highest BCUT2D eigenvalue weighted by Gasteiger charge is 2.27. The monoisotopic (exact) mass is 300 g/mol. The van der Waals surface area contributed by atoms with E-state index in [0.717, 1.165) is 22.3 Å². The highest BCUT2D eigenvalue weighted by molar-refractivity contribution is 5.82. The molecule has 2 rings (SSSR count).